The van der Waals surface area contributed by atoms with Crippen LogP contribution in [-0.2, 0) is 6.18 Å². The third-order valence-electron chi connectivity index (χ3n) is 5.16. The Balaban J connectivity index is 0.000000917. The number of fused-ring (bicyclic) bond motifs is 4. The number of nitrogens with two attached hydrogens (primary N) is 1. The molecule has 5 rings (SSSR count). The fraction of sp³-hybridized carbons (Fsp3) is 0.261. The predicted molar refractivity (Wildman–Crippen MR) is 119 cm³/mol. The summed E-state index contributed by atoms with van der Waals surface area (Å²) in [6, 6.07) is 3.31. The van der Waals surface area contributed by atoms with E-state index >= 15 is 0 Å². The summed E-state index contributed by atoms with van der Waals surface area (Å²) in [5, 5.41) is 0. The second-order valence-electron chi connectivity index (χ2n) is 7.78. The normalized spacial score (nSPS) is 13.3. The molecule has 3 heterocycles. The Hall–Kier alpha value is -3.96. The van der Waals surface area contributed by atoms with E-state index in [2.05, 4.69) is 23.8 Å². The van der Waals surface area contributed by atoms with Crippen molar-refractivity contribution in [1.82, 2.24) is 14.4 Å². The summed E-state index contributed by atoms with van der Waals surface area (Å²) in [4.78, 5) is 22.2. The van der Waals surface area contributed by atoms with Crippen molar-refractivity contribution in [3.05, 3.63) is 59.6 Å². The number of imidazole rings is 1. The Morgan fingerprint density at radius 3 is 2.51 bits per heavy atom. The molecular formula is C23H20F5N5O2. The molecule has 1 aliphatic heterocycles. The Morgan fingerprint density at radius 1 is 1.11 bits per heavy atom. The maximum atomic E-state index is 14.9. The van der Waals surface area contributed by atoms with E-state index in [4.69, 9.17) is 10.5 Å². The van der Waals surface area contributed by atoms with Crippen LogP contribution in [0.3, 0.4) is 0 Å². The van der Waals surface area contributed by atoms with Crippen molar-refractivity contribution in [3.63, 3.8) is 0 Å². The topological polar surface area (TPSA) is 85.8 Å². The van der Waals surface area contributed by atoms with Gasteiger partial charge in [-0.3, -0.25) is 9.20 Å². The molecule has 2 aromatic carbocycles. The van der Waals surface area contributed by atoms with E-state index in [-0.39, 0.29) is 41.5 Å². The fourth-order valence-electron chi connectivity index (χ4n) is 3.67. The molecule has 35 heavy (non-hydrogen) atoms. The first-order valence-electron chi connectivity index (χ1n) is 10.6. The SMILES string of the molecule is CCC.Nc1nc2cc(F)c(C(=O)N3CCOc4cc(C(F)(F)F)c(F)cc43)cc2n2cncc12. The average molecular weight is 493 g/mol. The Kier molecular flexibility index (Phi) is 6.22. The van der Waals surface area contributed by atoms with Gasteiger partial charge in [0.25, 0.3) is 5.91 Å². The number of carbonyl (C=O) groups excluding carboxylic acids is 1. The number of rotatable bonds is 1. The minimum absolute atomic E-state index is 0.116. The molecule has 0 fully saturated rings. The number of carbonyl (C=O) groups is 1. The van der Waals surface area contributed by atoms with Crippen LogP contribution < -0.4 is 15.4 Å². The van der Waals surface area contributed by atoms with Crippen molar-refractivity contribution in [2.45, 2.75) is 26.4 Å². The first kappa shape index (κ1) is 24.2. The zero-order chi connectivity index (χ0) is 25.5. The van der Waals surface area contributed by atoms with Crippen molar-refractivity contribution < 1.29 is 31.5 Å². The van der Waals surface area contributed by atoms with E-state index in [1.807, 2.05) is 0 Å². The van der Waals surface area contributed by atoms with Crippen LogP contribution in [0.4, 0.5) is 33.5 Å². The molecule has 0 atom stereocenters. The van der Waals surface area contributed by atoms with Crippen LogP contribution >= 0.6 is 0 Å². The van der Waals surface area contributed by atoms with Crippen LogP contribution in [0.15, 0.2) is 36.8 Å². The van der Waals surface area contributed by atoms with Gasteiger partial charge in [0.1, 0.15) is 35.3 Å². The van der Waals surface area contributed by atoms with Gasteiger partial charge in [-0.05, 0) is 12.1 Å². The molecular weight excluding hydrogens is 473 g/mol. The highest BCUT2D eigenvalue weighted by Gasteiger charge is 2.37. The van der Waals surface area contributed by atoms with Gasteiger partial charge in [0.15, 0.2) is 0 Å². The molecule has 0 unspecified atom stereocenters. The van der Waals surface area contributed by atoms with Crippen molar-refractivity contribution >= 4 is 34.0 Å². The lowest BCUT2D eigenvalue weighted by Gasteiger charge is -2.30. The first-order chi connectivity index (χ1) is 16.6. The number of hydrogen-bond acceptors (Lipinski definition) is 5. The van der Waals surface area contributed by atoms with Gasteiger partial charge < -0.3 is 15.4 Å². The van der Waals surface area contributed by atoms with Gasteiger partial charge >= 0.3 is 6.18 Å². The van der Waals surface area contributed by atoms with E-state index in [0.29, 0.717) is 23.2 Å². The highest BCUT2D eigenvalue weighted by molar-refractivity contribution is 6.09. The average Bonchev–Trinajstić information content (AvgIpc) is 3.28. The molecule has 7 nitrogen and oxygen atoms in total. The van der Waals surface area contributed by atoms with Crippen LogP contribution in [-0.4, -0.2) is 33.4 Å². The highest BCUT2D eigenvalue weighted by atomic mass is 19.4. The second-order valence-corrected chi connectivity index (χ2v) is 7.78. The molecule has 0 radical (unpaired) electrons. The number of amides is 1. The predicted octanol–water partition coefficient (Wildman–Crippen LogP) is 5.22. The molecule has 0 bridgehead atoms. The lowest BCUT2D eigenvalue weighted by molar-refractivity contribution is -0.140. The van der Waals surface area contributed by atoms with Crippen LogP contribution in [0.25, 0.3) is 16.6 Å². The lowest BCUT2D eigenvalue weighted by atomic mass is 10.1. The van der Waals surface area contributed by atoms with Crippen molar-refractivity contribution in [1.29, 1.82) is 0 Å². The number of benzene rings is 2. The smallest absolute Gasteiger partial charge is 0.419 e. The van der Waals surface area contributed by atoms with Crippen LogP contribution in [0, 0.1) is 11.6 Å². The lowest BCUT2D eigenvalue weighted by Crippen LogP contribution is -2.38. The number of hydrogen-bond donors (Lipinski definition) is 1. The highest BCUT2D eigenvalue weighted by Crippen LogP contribution is 2.40. The Labute approximate surface area is 195 Å². The molecule has 4 aromatic rings. The van der Waals surface area contributed by atoms with E-state index in [1.165, 1.54) is 29.4 Å². The van der Waals surface area contributed by atoms with Gasteiger partial charge in [-0.2, -0.15) is 13.2 Å². The molecule has 1 aliphatic rings. The van der Waals surface area contributed by atoms with Crippen LogP contribution in [0.1, 0.15) is 36.2 Å². The molecule has 1 amide bonds. The molecule has 0 aliphatic carbocycles. The standard InChI is InChI=1S/C20H12F5N5O2.C3H8/c21-11-5-13-14(30-8-27-7-16(30)18(26)28-13)3-9(11)19(31)29-1-2-32-17-4-10(20(23,24)25)12(22)6-15(17)29;1-3-2/h3-8H,1-2H2,(H2,26,28);3H2,1-2H3. The monoisotopic (exact) mass is 493 g/mol. The van der Waals surface area contributed by atoms with Crippen molar-refractivity contribution in [3.8, 4) is 5.75 Å². The van der Waals surface area contributed by atoms with Gasteiger partial charge in [0, 0.05) is 12.1 Å². The van der Waals surface area contributed by atoms with Crippen LogP contribution in [0.5, 0.6) is 5.75 Å². The van der Waals surface area contributed by atoms with Crippen LogP contribution in [0.2, 0.25) is 0 Å². The summed E-state index contributed by atoms with van der Waals surface area (Å²) in [6.45, 7) is 3.98. The summed E-state index contributed by atoms with van der Waals surface area (Å²) < 4.78 is 74.8. The molecule has 0 saturated heterocycles. The Bertz CT molecular complexity index is 1430. The van der Waals surface area contributed by atoms with E-state index in [0.717, 1.165) is 11.0 Å². The number of nitrogens with zero attached hydrogens (tertiary/aromatic N) is 4. The fourth-order valence-corrected chi connectivity index (χ4v) is 3.67. The van der Waals surface area contributed by atoms with Crippen molar-refractivity contribution in [2.75, 3.05) is 23.8 Å². The number of ether oxygens (including phenoxy) is 1. The second kappa shape index (κ2) is 9.01. The van der Waals surface area contributed by atoms with Gasteiger partial charge in [-0.1, -0.05) is 20.3 Å². The molecule has 0 spiro atoms. The summed E-state index contributed by atoms with van der Waals surface area (Å²) >= 11 is 0. The maximum Gasteiger partial charge on any atom is 0.419 e. The van der Waals surface area contributed by atoms with Gasteiger partial charge in [-0.25, -0.2) is 18.7 Å². The number of nitrogen functional groups attached to an aromatic ring is 1. The Morgan fingerprint density at radius 2 is 1.83 bits per heavy atom. The van der Waals surface area contributed by atoms with Crippen molar-refractivity contribution in [2.24, 2.45) is 0 Å². The number of anilines is 2. The number of halogens is 5. The van der Waals surface area contributed by atoms with Gasteiger partial charge in [-0.15, -0.1) is 0 Å². The molecule has 2 aromatic heterocycles. The molecule has 184 valence electrons. The third-order valence-corrected chi connectivity index (χ3v) is 5.16. The largest absolute Gasteiger partial charge is 0.490 e. The minimum Gasteiger partial charge on any atom is -0.490 e. The summed E-state index contributed by atoms with van der Waals surface area (Å²) in [7, 11) is 0. The van der Waals surface area contributed by atoms with E-state index in [9.17, 15) is 26.7 Å². The zero-order valence-electron chi connectivity index (χ0n) is 18.7. The minimum atomic E-state index is -4.94. The quantitative estimate of drug-likeness (QED) is 0.368. The van der Waals surface area contributed by atoms with E-state index in [1.54, 1.807) is 0 Å². The van der Waals surface area contributed by atoms with E-state index < -0.39 is 29.3 Å². The molecule has 0 saturated carbocycles. The third kappa shape index (κ3) is 4.31. The summed E-state index contributed by atoms with van der Waals surface area (Å²) in [5.74, 6) is -3.58. The number of alkyl halides is 3. The molecule has 2 N–H and O–H groups in total. The first-order valence-corrected chi connectivity index (χ1v) is 10.6. The summed E-state index contributed by atoms with van der Waals surface area (Å²) in [5.41, 5.74) is 4.67. The van der Waals surface area contributed by atoms with Gasteiger partial charge in [0.2, 0.25) is 0 Å². The zero-order valence-corrected chi connectivity index (χ0v) is 18.7. The molecule has 12 heteroatoms. The number of aromatic nitrogens is 3. The van der Waals surface area contributed by atoms with Gasteiger partial charge in [0.05, 0.1) is 46.9 Å². The maximum absolute atomic E-state index is 14.9. The summed E-state index contributed by atoms with van der Waals surface area (Å²) in [6.07, 6.45) is -0.823.